The van der Waals surface area contributed by atoms with Crippen LogP contribution in [0.15, 0.2) is 18.2 Å². The lowest BCUT2D eigenvalue weighted by Gasteiger charge is -2.22. The predicted octanol–water partition coefficient (Wildman–Crippen LogP) is 1.36. The average molecular weight is 218 g/mol. The Balaban J connectivity index is 2.03. The first-order chi connectivity index (χ1) is 7.84. The molecule has 0 amide bonds. The Hall–Kier alpha value is -1.62. The van der Waals surface area contributed by atoms with E-state index in [1.165, 1.54) is 0 Å². The van der Waals surface area contributed by atoms with Crippen molar-refractivity contribution in [2.45, 2.75) is 18.9 Å². The fourth-order valence-electron chi connectivity index (χ4n) is 2.16. The van der Waals surface area contributed by atoms with Crippen LogP contribution in [-0.4, -0.2) is 28.2 Å². The van der Waals surface area contributed by atoms with E-state index in [2.05, 4.69) is 10.3 Å². The molecule has 0 atom stereocenters. The maximum Gasteiger partial charge on any atom is 0.115 e. The fourth-order valence-corrected chi connectivity index (χ4v) is 2.16. The number of ether oxygens (including phenoxy) is 1. The van der Waals surface area contributed by atoms with Crippen LogP contribution in [0, 0.1) is 0 Å². The lowest BCUT2D eigenvalue weighted by Crippen LogP contribution is -2.20. The number of hydrogen-bond acceptors (Lipinski definition) is 4. The molecule has 84 valence electrons. The number of aromatic nitrogens is 3. The second-order valence-electron chi connectivity index (χ2n) is 4.13. The number of fused-ring (bicyclic) bond motifs is 1. The molecular formula is C11H14N4O. The molecule has 2 N–H and O–H groups in total. The minimum absolute atomic E-state index is 0.405. The molecule has 0 unspecified atom stereocenters. The second-order valence-corrected chi connectivity index (χ2v) is 4.13. The monoisotopic (exact) mass is 218 g/mol. The fraction of sp³-hybridized carbons (Fsp3) is 0.455. The van der Waals surface area contributed by atoms with E-state index in [4.69, 9.17) is 10.5 Å². The summed E-state index contributed by atoms with van der Waals surface area (Å²) in [5, 5.41) is 8.36. The number of nitrogen functional groups attached to an aromatic ring is 1. The van der Waals surface area contributed by atoms with Gasteiger partial charge in [0.05, 0.1) is 11.6 Å². The number of nitrogens with two attached hydrogens (primary N) is 1. The maximum absolute atomic E-state index is 5.71. The first-order valence-electron chi connectivity index (χ1n) is 5.53. The second kappa shape index (κ2) is 3.75. The standard InChI is InChI=1S/C11H14N4O/c12-8-1-2-11-10(7-8)13-14-15(11)9-3-5-16-6-4-9/h1-2,7,9H,3-6,12H2. The zero-order chi connectivity index (χ0) is 11.0. The molecule has 1 aromatic carbocycles. The molecule has 0 radical (unpaired) electrons. The van der Waals surface area contributed by atoms with Crippen molar-refractivity contribution >= 4 is 16.7 Å². The molecule has 1 aliphatic heterocycles. The summed E-state index contributed by atoms with van der Waals surface area (Å²) in [4.78, 5) is 0. The highest BCUT2D eigenvalue weighted by atomic mass is 16.5. The predicted molar refractivity (Wildman–Crippen MR) is 61.0 cm³/mol. The third-order valence-electron chi connectivity index (χ3n) is 3.03. The lowest BCUT2D eigenvalue weighted by atomic mass is 10.1. The van der Waals surface area contributed by atoms with Gasteiger partial charge in [0.15, 0.2) is 0 Å². The van der Waals surface area contributed by atoms with Crippen LogP contribution in [0.3, 0.4) is 0 Å². The van der Waals surface area contributed by atoms with Crippen LogP contribution >= 0.6 is 0 Å². The molecule has 1 fully saturated rings. The number of anilines is 1. The molecule has 3 rings (SSSR count). The summed E-state index contributed by atoms with van der Waals surface area (Å²) in [5.74, 6) is 0. The molecule has 0 aliphatic carbocycles. The van der Waals surface area contributed by atoms with Gasteiger partial charge < -0.3 is 10.5 Å². The quantitative estimate of drug-likeness (QED) is 0.734. The van der Waals surface area contributed by atoms with Crippen molar-refractivity contribution < 1.29 is 4.74 Å². The van der Waals surface area contributed by atoms with Gasteiger partial charge in [0.25, 0.3) is 0 Å². The summed E-state index contributed by atoms with van der Waals surface area (Å²) < 4.78 is 7.34. The maximum atomic E-state index is 5.71. The van der Waals surface area contributed by atoms with Crippen molar-refractivity contribution in [1.29, 1.82) is 0 Å². The summed E-state index contributed by atoms with van der Waals surface area (Å²) >= 11 is 0. The normalized spacial score (nSPS) is 18.0. The van der Waals surface area contributed by atoms with Crippen LogP contribution in [0.2, 0.25) is 0 Å². The summed E-state index contributed by atoms with van der Waals surface area (Å²) in [6.45, 7) is 1.61. The van der Waals surface area contributed by atoms with Crippen molar-refractivity contribution in [2.75, 3.05) is 18.9 Å². The Bertz CT molecular complexity index is 502. The summed E-state index contributed by atoms with van der Waals surface area (Å²) in [6.07, 6.45) is 2.01. The van der Waals surface area contributed by atoms with E-state index >= 15 is 0 Å². The van der Waals surface area contributed by atoms with Gasteiger partial charge in [-0.15, -0.1) is 5.10 Å². The zero-order valence-corrected chi connectivity index (χ0v) is 8.97. The van der Waals surface area contributed by atoms with Crippen molar-refractivity contribution in [3.8, 4) is 0 Å². The zero-order valence-electron chi connectivity index (χ0n) is 8.97. The largest absolute Gasteiger partial charge is 0.399 e. The van der Waals surface area contributed by atoms with Crippen LogP contribution in [0.4, 0.5) is 5.69 Å². The molecule has 16 heavy (non-hydrogen) atoms. The smallest absolute Gasteiger partial charge is 0.115 e. The summed E-state index contributed by atoms with van der Waals surface area (Å²) in [7, 11) is 0. The Labute approximate surface area is 93.2 Å². The highest BCUT2D eigenvalue weighted by Crippen LogP contribution is 2.24. The van der Waals surface area contributed by atoms with Gasteiger partial charge in [-0.1, -0.05) is 5.21 Å². The minimum Gasteiger partial charge on any atom is -0.399 e. The van der Waals surface area contributed by atoms with Gasteiger partial charge in [0, 0.05) is 18.9 Å². The van der Waals surface area contributed by atoms with Crippen molar-refractivity contribution in [2.24, 2.45) is 0 Å². The molecule has 1 aliphatic rings. The van der Waals surface area contributed by atoms with Crippen molar-refractivity contribution in [1.82, 2.24) is 15.0 Å². The van der Waals surface area contributed by atoms with Crippen molar-refractivity contribution in [3.05, 3.63) is 18.2 Å². The van der Waals surface area contributed by atoms with Crippen LogP contribution in [0.1, 0.15) is 18.9 Å². The van der Waals surface area contributed by atoms with Crippen LogP contribution in [0.5, 0.6) is 0 Å². The first kappa shape index (κ1) is 9.59. The van der Waals surface area contributed by atoms with E-state index < -0.39 is 0 Å². The number of hydrogen-bond donors (Lipinski definition) is 1. The van der Waals surface area contributed by atoms with E-state index in [-0.39, 0.29) is 0 Å². The third-order valence-corrected chi connectivity index (χ3v) is 3.03. The van der Waals surface area contributed by atoms with Gasteiger partial charge in [-0.25, -0.2) is 4.68 Å². The Morgan fingerprint density at radius 2 is 2.12 bits per heavy atom. The molecule has 0 bridgehead atoms. The summed E-state index contributed by atoms with van der Waals surface area (Å²) in [5.41, 5.74) is 8.37. The molecule has 0 spiro atoms. The van der Waals surface area contributed by atoms with E-state index in [9.17, 15) is 0 Å². The Morgan fingerprint density at radius 1 is 1.31 bits per heavy atom. The highest BCUT2D eigenvalue weighted by Gasteiger charge is 2.18. The number of rotatable bonds is 1. The van der Waals surface area contributed by atoms with Crippen LogP contribution < -0.4 is 5.73 Å². The lowest BCUT2D eigenvalue weighted by molar-refractivity contribution is 0.0669. The molecule has 1 aromatic heterocycles. The van der Waals surface area contributed by atoms with Crippen molar-refractivity contribution in [3.63, 3.8) is 0 Å². The third kappa shape index (κ3) is 1.53. The van der Waals surface area contributed by atoms with Gasteiger partial charge in [-0.05, 0) is 31.0 Å². The Morgan fingerprint density at radius 3 is 2.94 bits per heavy atom. The van der Waals surface area contributed by atoms with Gasteiger partial charge >= 0.3 is 0 Å². The molecule has 2 heterocycles. The molecule has 0 saturated carbocycles. The van der Waals surface area contributed by atoms with Gasteiger partial charge in [0.2, 0.25) is 0 Å². The first-order valence-corrected chi connectivity index (χ1v) is 5.53. The molecule has 5 nitrogen and oxygen atoms in total. The van der Waals surface area contributed by atoms with Crippen LogP contribution in [0.25, 0.3) is 11.0 Å². The van der Waals surface area contributed by atoms with E-state index in [0.29, 0.717) is 6.04 Å². The summed E-state index contributed by atoms with van der Waals surface area (Å²) in [6, 6.07) is 6.14. The topological polar surface area (TPSA) is 66.0 Å². The average Bonchev–Trinajstić information content (AvgIpc) is 2.73. The van der Waals surface area contributed by atoms with Gasteiger partial charge in [0.1, 0.15) is 5.52 Å². The van der Waals surface area contributed by atoms with Crippen LogP contribution in [-0.2, 0) is 4.74 Å². The molecule has 2 aromatic rings. The molecule has 1 saturated heterocycles. The van der Waals surface area contributed by atoms with E-state index in [0.717, 1.165) is 42.8 Å². The van der Waals surface area contributed by atoms with E-state index in [1.807, 2.05) is 22.9 Å². The number of benzene rings is 1. The van der Waals surface area contributed by atoms with E-state index in [1.54, 1.807) is 0 Å². The SMILES string of the molecule is Nc1ccc2c(c1)nnn2C1CCOCC1. The van der Waals surface area contributed by atoms with Gasteiger partial charge in [-0.3, -0.25) is 0 Å². The highest BCUT2D eigenvalue weighted by molar-refractivity contribution is 5.78. The van der Waals surface area contributed by atoms with Gasteiger partial charge in [-0.2, -0.15) is 0 Å². The molecule has 5 heteroatoms. The minimum atomic E-state index is 0.405. The molecular weight excluding hydrogens is 204 g/mol. The number of nitrogens with zero attached hydrogens (tertiary/aromatic N) is 3. The Kier molecular flexibility index (Phi) is 2.25.